The number of aromatic nitrogens is 1. The van der Waals surface area contributed by atoms with Gasteiger partial charge in [0, 0.05) is 13.6 Å². The highest BCUT2D eigenvalue weighted by Crippen LogP contribution is 2.17. The normalized spacial score (nSPS) is 12.6. The SMILES string of the molecule is CC[C@H](O)c1ccc(N(C)CC)cn1. The molecule has 0 spiro atoms. The largest absolute Gasteiger partial charge is 0.387 e. The summed E-state index contributed by atoms with van der Waals surface area (Å²) in [5.41, 5.74) is 1.83. The predicted molar refractivity (Wildman–Crippen MR) is 58.4 cm³/mol. The average molecular weight is 194 g/mol. The van der Waals surface area contributed by atoms with E-state index in [4.69, 9.17) is 0 Å². The number of aliphatic hydroxyl groups excluding tert-OH is 1. The van der Waals surface area contributed by atoms with Crippen LogP contribution in [0.2, 0.25) is 0 Å². The van der Waals surface area contributed by atoms with Gasteiger partial charge in [-0.1, -0.05) is 6.92 Å². The first-order valence-electron chi connectivity index (χ1n) is 5.04. The van der Waals surface area contributed by atoms with Crippen molar-refractivity contribution < 1.29 is 5.11 Å². The Balaban J connectivity index is 2.78. The molecular formula is C11H18N2O. The van der Waals surface area contributed by atoms with Crippen LogP contribution in [0.4, 0.5) is 5.69 Å². The third-order valence-corrected chi connectivity index (χ3v) is 2.41. The van der Waals surface area contributed by atoms with Gasteiger partial charge in [0.15, 0.2) is 0 Å². The van der Waals surface area contributed by atoms with Crippen molar-refractivity contribution >= 4 is 5.69 Å². The van der Waals surface area contributed by atoms with Gasteiger partial charge >= 0.3 is 0 Å². The molecule has 0 radical (unpaired) electrons. The molecule has 0 saturated carbocycles. The van der Waals surface area contributed by atoms with Gasteiger partial charge in [0.25, 0.3) is 0 Å². The van der Waals surface area contributed by atoms with Crippen LogP contribution in [0.3, 0.4) is 0 Å². The van der Waals surface area contributed by atoms with Crippen LogP contribution in [0.1, 0.15) is 32.1 Å². The average Bonchev–Trinajstić information content (AvgIpc) is 2.27. The predicted octanol–water partition coefficient (Wildman–Crippen LogP) is 1.98. The van der Waals surface area contributed by atoms with Gasteiger partial charge in [-0.05, 0) is 25.5 Å². The first-order valence-corrected chi connectivity index (χ1v) is 5.04. The maximum atomic E-state index is 9.54. The minimum absolute atomic E-state index is 0.434. The molecule has 0 saturated heterocycles. The lowest BCUT2D eigenvalue weighted by Gasteiger charge is -2.16. The lowest BCUT2D eigenvalue weighted by Crippen LogP contribution is -2.16. The number of hydrogen-bond donors (Lipinski definition) is 1. The van der Waals surface area contributed by atoms with Crippen LogP contribution in [0, 0.1) is 0 Å². The number of rotatable bonds is 4. The van der Waals surface area contributed by atoms with E-state index >= 15 is 0 Å². The number of pyridine rings is 1. The first-order chi connectivity index (χ1) is 6.69. The van der Waals surface area contributed by atoms with Gasteiger partial charge in [-0.25, -0.2) is 0 Å². The van der Waals surface area contributed by atoms with Gasteiger partial charge < -0.3 is 10.0 Å². The summed E-state index contributed by atoms with van der Waals surface area (Å²) in [4.78, 5) is 6.33. The first kappa shape index (κ1) is 11.0. The molecule has 78 valence electrons. The van der Waals surface area contributed by atoms with Crippen LogP contribution in [0.25, 0.3) is 0 Å². The molecule has 0 bridgehead atoms. The van der Waals surface area contributed by atoms with E-state index in [1.165, 1.54) is 0 Å². The summed E-state index contributed by atoms with van der Waals surface area (Å²) in [6.45, 7) is 4.99. The number of nitrogens with zero attached hydrogens (tertiary/aromatic N) is 2. The van der Waals surface area contributed by atoms with Crippen LogP contribution in [-0.4, -0.2) is 23.7 Å². The molecule has 0 unspecified atom stereocenters. The minimum Gasteiger partial charge on any atom is -0.387 e. The van der Waals surface area contributed by atoms with Crippen molar-refractivity contribution in [1.29, 1.82) is 0 Å². The molecule has 0 fully saturated rings. The summed E-state index contributed by atoms with van der Waals surface area (Å²) >= 11 is 0. The summed E-state index contributed by atoms with van der Waals surface area (Å²) in [6.07, 6.45) is 2.07. The molecule has 0 aliphatic heterocycles. The van der Waals surface area contributed by atoms with Gasteiger partial charge in [-0.15, -0.1) is 0 Å². The number of anilines is 1. The van der Waals surface area contributed by atoms with Crippen LogP contribution < -0.4 is 4.90 Å². The van der Waals surface area contributed by atoms with Crippen molar-refractivity contribution in [3.63, 3.8) is 0 Å². The van der Waals surface area contributed by atoms with Crippen LogP contribution in [0.5, 0.6) is 0 Å². The molecule has 3 nitrogen and oxygen atoms in total. The second kappa shape index (κ2) is 4.96. The number of aliphatic hydroxyl groups is 1. The van der Waals surface area contributed by atoms with Crippen molar-refractivity contribution in [2.24, 2.45) is 0 Å². The van der Waals surface area contributed by atoms with E-state index in [1.54, 1.807) is 6.20 Å². The quantitative estimate of drug-likeness (QED) is 0.796. The molecule has 0 aliphatic carbocycles. The zero-order chi connectivity index (χ0) is 10.6. The zero-order valence-electron chi connectivity index (χ0n) is 9.07. The monoisotopic (exact) mass is 194 g/mol. The lowest BCUT2D eigenvalue weighted by molar-refractivity contribution is 0.169. The Kier molecular flexibility index (Phi) is 3.89. The van der Waals surface area contributed by atoms with Crippen molar-refractivity contribution in [3.8, 4) is 0 Å². The maximum absolute atomic E-state index is 9.54. The molecule has 0 amide bonds. The smallest absolute Gasteiger partial charge is 0.0957 e. The standard InChI is InChI=1S/C11H18N2O/c1-4-11(14)10-7-6-9(8-12-10)13(3)5-2/h6-8,11,14H,4-5H2,1-3H3/t11-/m0/s1. The highest BCUT2D eigenvalue weighted by Gasteiger charge is 2.06. The van der Waals surface area contributed by atoms with Gasteiger partial charge in [0.1, 0.15) is 0 Å². The molecule has 14 heavy (non-hydrogen) atoms. The third-order valence-electron chi connectivity index (χ3n) is 2.41. The summed E-state index contributed by atoms with van der Waals surface area (Å²) in [7, 11) is 2.02. The van der Waals surface area contributed by atoms with E-state index in [-0.39, 0.29) is 0 Å². The van der Waals surface area contributed by atoms with Gasteiger partial charge in [0.05, 0.1) is 23.7 Å². The van der Waals surface area contributed by atoms with E-state index in [0.29, 0.717) is 6.42 Å². The van der Waals surface area contributed by atoms with Gasteiger partial charge in [-0.2, -0.15) is 0 Å². The summed E-state index contributed by atoms with van der Waals surface area (Å²) in [5, 5.41) is 9.54. The molecule has 1 atom stereocenters. The van der Waals surface area contributed by atoms with Crippen molar-refractivity contribution in [2.75, 3.05) is 18.5 Å². The van der Waals surface area contributed by atoms with E-state index in [0.717, 1.165) is 17.9 Å². The molecule has 1 rings (SSSR count). The van der Waals surface area contributed by atoms with Crippen molar-refractivity contribution in [1.82, 2.24) is 4.98 Å². The Morgan fingerprint density at radius 2 is 2.14 bits per heavy atom. The highest BCUT2D eigenvalue weighted by molar-refractivity contribution is 5.43. The summed E-state index contributed by atoms with van der Waals surface area (Å²) in [6, 6.07) is 3.88. The maximum Gasteiger partial charge on any atom is 0.0957 e. The molecule has 1 aromatic rings. The minimum atomic E-state index is -0.434. The van der Waals surface area contributed by atoms with Gasteiger partial charge in [0.2, 0.25) is 0 Å². The number of hydrogen-bond acceptors (Lipinski definition) is 3. The third kappa shape index (κ3) is 2.45. The molecule has 1 aromatic heterocycles. The van der Waals surface area contributed by atoms with E-state index in [2.05, 4.69) is 16.8 Å². The second-order valence-electron chi connectivity index (χ2n) is 3.38. The fourth-order valence-corrected chi connectivity index (χ4v) is 1.21. The summed E-state index contributed by atoms with van der Waals surface area (Å²) < 4.78 is 0. The molecule has 0 aliphatic rings. The molecule has 1 heterocycles. The molecular weight excluding hydrogens is 176 g/mol. The molecule has 3 heteroatoms. The fourth-order valence-electron chi connectivity index (χ4n) is 1.21. The highest BCUT2D eigenvalue weighted by atomic mass is 16.3. The zero-order valence-corrected chi connectivity index (χ0v) is 9.07. The Morgan fingerprint density at radius 1 is 1.43 bits per heavy atom. The Bertz CT molecular complexity index is 242. The van der Waals surface area contributed by atoms with Gasteiger partial charge in [-0.3, -0.25) is 4.98 Å². The van der Waals surface area contributed by atoms with Crippen LogP contribution >= 0.6 is 0 Å². The van der Waals surface area contributed by atoms with Crippen LogP contribution in [-0.2, 0) is 0 Å². The Hall–Kier alpha value is -1.09. The van der Waals surface area contributed by atoms with E-state index in [1.807, 2.05) is 26.1 Å². The lowest BCUT2D eigenvalue weighted by atomic mass is 10.2. The van der Waals surface area contributed by atoms with Crippen molar-refractivity contribution in [3.05, 3.63) is 24.0 Å². The van der Waals surface area contributed by atoms with E-state index < -0.39 is 6.10 Å². The fraction of sp³-hybridized carbons (Fsp3) is 0.545. The molecule has 0 aromatic carbocycles. The van der Waals surface area contributed by atoms with Crippen molar-refractivity contribution in [2.45, 2.75) is 26.4 Å². The van der Waals surface area contributed by atoms with E-state index in [9.17, 15) is 5.11 Å². The Morgan fingerprint density at radius 3 is 2.57 bits per heavy atom. The summed E-state index contributed by atoms with van der Waals surface area (Å²) in [5.74, 6) is 0. The Labute approximate surface area is 85.4 Å². The topological polar surface area (TPSA) is 36.4 Å². The van der Waals surface area contributed by atoms with Crippen LogP contribution in [0.15, 0.2) is 18.3 Å². The second-order valence-corrected chi connectivity index (χ2v) is 3.38. The molecule has 1 N–H and O–H groups in total.